The maximum atomic E-state index is 9.35. The zero-order valence-electron chi connectivity index (χ0n) is 9.02. The van der Waals surface area contributed by atoms with Crippen LogP contribution in [-0.2, 0) is 0 Å². The standard InChI is InChI=1S/C14H14O2/c15-13-5-3-12-8-14(6-4-11(12)7-13)16-9-10-1-2-10/h3-8,10,15H,1-2,9H2. The summed E-state index contributed by atoms with van der Waals surface area (Å²) in [6.07, 6.45) is 2.61. The third-order valence-corrected chi connectivity index (χ3v) is 2.98. The number of benzene rings is 2. The molecule has 2 aromatic rings. The van der Waals surface area contributed by atoms with E-state index in [2.05, 4.69) is 0 Å². The fraction of sp³-hybridized carbons (Fsp3) is 0.286. The molecule has 2 heteroatoms. The van der Waals surface area contributed by atoms with Gasteiger partial charge >= 0.3 is 0 Å². The molecule has 0 saturated heterocycles. The Labute approximate surface area is 94.5 Å². The van der Waals surface area contributed by atoms with E-state index >= 15 is 0 Å². The third kappa shape index (κ3) is 1.96. The van der Waals surface area contributed by atoms with Crippen molar-refractivity contribution in [3.05, 3.63) is 36.4 Å². The van der Waals surface area contributed by atoms with Crippen molar-refractivity contribution in [2.24, 2.45) is 5.92 Å². The van der Waals surface area contributed by atoms with E-state index in [0.717, 1.165) is 29.0 Å². The highest BCUT2D eigenvalue weighted by molar-refractivity contribution is 5.85. The second kappa shape index (κ2) is 3.71. The van der Waals surface area contributed by atoms with Crippen molar-refractivity contribution in [2.75, 3.05) is 6.61 Å². The topological polar surface area (TPSA) is 29.5 Å². The molecule has 1 saturated carbocycles. The fourth-order valence-electron chi connectivity index (χ4n) is 1.80. The number of hydrogen-bond acceptors (Lipinski definition) is 2. The molecule has 0 bridgehead atoms. The minimum atomic E-state index is 0.305. The molecule has 1 aliphatic rings. The van der Waals surface area contributed by atoms with Gasteiger partial charge in [-0.1, -0.05) is 12.1 Å². The molecule has 82 valence electrons. The highest BCUT2D eigenvalue weighted by Gasteiger charge is 2.21. The molecule has 0 heterocycles. The van der Waals surface area contributed by atoms with E-state index in [1.54, 1.807) is 12.1 Å². The quantitative estimate of drug-likeness (QED) is 0.849. The molecule has 0 spiro atoms. The summed E-state index contributed by atoms with van der Waals surface area (Å²) in [7, 11) is 0. The lowest BCUT2D eigenvalue weighted by Gasteiger charge is -2.06. The summed E-state index contributed by atoms with van der Waals surface area (Å²) in [4.78, 5) is 0. The van der Waals surface area contributed by atoms with E-state index in [1.807, 2.05) is 24.3 Å². The Balaban J connectivity index is 1.86. The summed E-state index contributed by atoms with van der Waals surface area (Å²) in [5.74, 6) is 2.00. The third-order valence-electron chi connectivity index (χ3n) is 2.98. The van der Waals surface area contributed by atoms with Gasteiger partial charge in [-0.15, -0.1) is 0 Å². The Morgan fingerprint density at radius 2 is 1.81 bits per heavy atom. The molecule has 2 nitrogen and oxygen atoms in total. The van der Waals surface area contributed by atoms with Crippen LogP contribution in [0.4, 0.5) is 0 Å². The number of ether oxygens (including phenoxy) is 1. The van der Waals surface area contributed by atoms with Gasteiger partial charge in [0, 0.05) is 0 Å². The maximum absolute atomic E-state index is 9.35. The summed E-state index contributed by atoms with van der Waals surface area (Å²) < 4.78 is 5.71. The highest BCUT2D eigenvalue weighted by atomic mass is 16.5. The Kier molecular flexibility index (Phi) is 2.21. The predicted molar refractivity (Wildman–Crippen MR) is 63.8 cm³/mol. The number of aromatic hydroxyl groups is 1. The van der Waals surface area contributed by atoms with Crippen LogP contribution < -0.4 is 4.74 Å². The van der Waals surface area contributed by atoms with Crippen molar-refractivity contribution in [3.63, 3.8) is 0 Å². The largest absolute Gasteiger partial charge is 0.508 e. The second-order valence-corrected chi connectivity index (χ2v) is 4.45. The monoisotopic (exact) mass is 214 g/mol. The summed E-state index contributed by atoms with van der Waals surface area (Å²) in [5.41, 5.74) is 0. The number of rotatable bonds is 3. The van der Waals surface area contributed by atoms with Gasteiger partial charge in [0.05, 0.1) is 6.61 Å². The number of fused-ring (bicyclic) bond motifs is 1. The van der Waals surface area contributed by atoms with Gasteiger partial charge in [-0.3, -0.25) is 0 Å². The molecule has 16 heavy (non-hydrogen) atoms. The molecule has 1 fully saturated rings. The van der Waals surface area contributed by atoms with Crippen LogP contribution in [0.3, 0.4) is 0 Å². The normalized spacial score (nSPS) is 15.2. The van der Waals surface area contributed by atoms with Gasteiger partial charge in [0.25, 0.3) is 0 Å². The van der Waals surface area contributed by atoms with Crippen molar-refractivity contribution >= 4 is 10.8 Å². The zero-order chi connectivity index (χ0) is 11.0. The van der Waals surface area contributed by atoms with Crippen molar-refractivity contribution in [1.29, 1.82) is 0 Å². The summed E-state index contributed by atoms with van der Waals surface area (Å²) >= 11 is 0. The van der Waals surface area contributed by atoms with Crippen molar-refractivity contribution < 1.29 is 9.84 Å². The SMILES string of the molecule is Oc1ccc2cc(OCC3CC3)ccc2c1. The van der Waals surface area contributed by atoms with Gasteiger partial charge in [0.2, 0.25) is 0 Å². The Morgan fingerprint density at radius 1 is 1.06 bits per heavy atom. The first-order chi connectivity index (χ1) is 7.81. The number of hydrogen-bond donors (Lipinski definition) is 1. The van der Waals surface area contributed by atoms with Crippen LogP contribution in [0.1, 0.15) is 12.8 Å². The smallest absolute Gasteiger partial charge is 0.119 e. The van der Waals surface area contributed by atoms with Crippen LogP contribution in [-0.4, -0.2) is 11.7 Å². The molecule has 2 aromatic carbocycles. The average Bonchev–Trinajstić information content (AvgIpc) is 3.10. The number of phenolic OH excluding ortho intramolecular Hbond substituents is 1. The molecule has 0 unspecified atom stereocenters. The fourth-order valence-corrected chi connectivity index (χ4v) is 1.80. The van der Waals surface area contributed by atoms with Crippen LogP contribution in [0.2, 0.25) is 0 Å². The molecule has 1 aliphatic carbocycles. The highest BCUT2D eigenvalue weighted by Crippen LogP contribution is 2.30. The van der Waals surface area contributed by atoms with Crippen LogP contribution in [0.25, 0.3) is 10.8 Å². The summed E-state index contributed by atoms with van der Waals surface area (Å²) in [5, 5.41) is 11.5. The van der Waals surface area contributed by atoms with Gasteiger partial charge < -0.3 is 9.84 Å². The molecule has 3 rings (SSSR count). The van der Waals surface area contributed by atoms with Crippen LogP contribution in [0.15, 0.2) is 36.4 Å². The molecule has 1 N–H and O–H groups in total. The van der Waals surface area contributed by atoms with Crippen LogP contribution in [0.5, 0.6) is 11.5 Å². The first-order valence-electron chi connectivity index (χ1n) is 5.67. The zero-order valence-corrected chi connectivity index (χ0v) is 9.02. The van der Waals surface area contributed by atoms with Crippen LogP contribution in [0, 0.1) is 5.92 Å². The molecule has 0 aliphatic heterocycles. The first-order valence-corrected chi connectivity index (χ1v) is 5.67. The lowest BCUT2D eigenvalue weighted by atomic mass is 10.1. The Bertz CT molecular complexity index is 515. The van der Waals surface area contributed by atoms with Gasteiger partial charge in [0.1, 0.15) is 11.5 Å². The molecular weight excluding hydrogens is 200 g/mol. The molecule has 0 atom stereocenters. The van der Waals surface area contributed by atoms with Crippen molar-refractivity contribution in [3.8, 4) is 11.5 Å². The molecule has 0 amide bonds. The van der Waals surface area contributed by atoms with Gasteiger partial charge in [-0.05, 0) is 53.8 Å². The molecular formula is C14H14O2. The molecule has 0 radical (unpaired) electrons. The van der Waals surface area contributed by atoms with Crippen LogP contribution >= 0.6 is 0 Å². The van der Waals surface area contributed by atoms with Gasteiger partial charge in [-0.25, -0.2) is 0 Å². The van der Waals surface area contributed by atoms with Gasteiger partial charge in [0.15, 0.2) is 0 Å². The lowest BCUT2D eigenvalue weighted by Crippen LogP contribution is -1.98. The summed E-state index contributed by atoms with van der Waals surface area (Å²) in [6.45, 7) is 0.837. The average molecular weight is 214 g/mol. The van der Waals surface area contributed by atoms with Gasteiger partial charge in [-0.2, -0.15) is 0 Å². The van der Waals surface area contributed by atoms with E-state index in [4.69, 9.17) is 4.74 Å². The van der Waals surface area contributed by atoms with E-state index in [1.165, 1.54) is 12.8 Å². The van der Waals surface area contributed by atoms with E-state index in [0.29, 0.717) is 5.75 Å². The number of phenols is 1. The second-order valence-electron chi connectivity index (χ2n) is 4.45. The van der Waals surface area contributed by atoms with E-state index < -0.39 is 0 Å². The predicted octanol–water partition coefficient (Wildman–Crippen LogP) is 3.33. The van der Waals surface area contributed by atoms with E-state index in [9.17, 15) is 5.11 Å². The Hall–Kier alpha value is -1.70. The van der Waals surface area contributed by atoms with Crippen molar-refractivity contribution in [2.45, 2.75) is 12.8 Å². The Morgan fingerprint density at radius 3 is 2.62 bits per heavy atom. The van der Waals surface area contributed by atoms with E-state index in [-0.39, 0.29) is 0 Å². The first kappa shape index (κ1) is 9.52. The van der Waals surface area contributed by atoms with Crippen molar-refractivity contribution in [1.82, 2.24) is 0 Å². The lowest BCUT2D eigenvalue weighted by molar-refractivity contribution is 0.300. The summed E-state index contributed by atoms with van der Waals surface area (Å²) in [6, 6.07) is 11.3. The maximum Gasteiger partial charge on any atom is 0.119 e. The minimum Gasteiger partial charge on any atom is -0.508 e. The molecule has 0 aromatic heterocycles. The minimum absolute atomic E-state index is 0.305.